The number of halogens is 3. The van der Waals surface area contributed by atoms with E-state index >= 15 is 0 Å². The lowest BCUT2D eigenvalue weighted by molar-refractivity contribution is 0.318. The smallest absolute Gasteiger partial charge is 0.445 e. The molecule has 2 nitrogen and oxygen atoms in total. The van der Waals surface area contributed by atoms with E-state index < -0.39 is 23.2 Å². The van der Waals surface area contributed by atoms with Crippen LogP contribution in [0.2, 0.25) is 0 Å². The summed E-state index contributed by atoms with van der Waals surface area (Å²) < 4.78 is 47.9. The molecule has 1 fully saturated rings. The summed E-state index contributed by atoms with van der Waals surface area (Å²) in [5.74, 6) is 1.07. The van der Waals surface area contributed by atoms with Crippen LogP contribution in [0.15, 0.2) is 12.1 Å². The summed E-state index contributed by atoms with van der Waals surface area (Å²) in [5, 5.41) is 0. The predicted molar refractivity (Wildman–Crippen MR) is 57.2 cm³/mol. The van der Waals surface area contributed by atoms with Crippen LogP contribution in [-0.4, -0.2) is 47.2 Å². The van der Waals surface area contributed by atoms with Gasteiger partial charge in [-0.1, -0.05) is 0 Å². The number of hydrogen-bond donors (Lipinski definition) is 0. The monoisotopic (exact) mass is 240 g/mol. The summed E-state index contributed by atoms with van der Waals surface area (Å²) in [6, 6.07) is 0. The molecule has 0 saturated carbocycles. The summed E-state index contributed by atoms with van der Waals surface area (Å²) >= 11 is 0. The molecular formula is C8H14BF3NOS-. The zero-order valence-electron chi connectivity index (χ0n) is 8.42. The molecule has 0 N–H and O–H groups in total. The van der Waals surface area contributed by atoms with Crippen molar-refractivity contribution in [3.8, 4) is 0 Å². The van der Waals surface area contributed by atoms with Crippen molar-refractivity contribution in [3.63, 3.8) is 0 Å². The zero-order chi connectivity index (χ0) is 11.5. The molecule has 0 radical (unpaired) electrons. The first-order valence-corrected chi connectivity index (χ1v) is 6.33. The highest BCUT2D eigenvalue weighted by atomic mass is 32.2. The van der Waals surface area contributed by atoms with Crippen molar-refractivity contribution < 1.29 is 17.2 Å². The average Bonchev–Trinajstić information content (AvgIpc) is 2.29. The van der Waals surface area contributed by atoms with Crippen molar-refractivity contribution in [2.45, 2.75) is 6.42 Å². The van der Waals surface area contributed by atoms with Crippen LogP contribution in [0.3, 0.4) is 0 Å². The van der Waals surface area contributed by atoms with E-state index in [4.69, 9.17) is 0 Å². The first kappa shape index (κ1) is 12.8. The summed E-state index contributed by atoms with van der Waals surface area (Å²) in [7, 11) is -0.862. The minimum absolute atomic E-state index is 0.138. The van der Waals surface area contributed by atoms with E-state index in [9.17, 15) is 17.2 Å². The lowest BCUT2D eigenvalue weighted by Gasteiger charge is -2.25. The Labute approximate surface area is 90.0 Å². The van der Waals surface area contributed by atoms with Crippen molar-refractivity contribution in [3.05, 3.63) is 12.1 Å². The molecule has 0 spiro atoms. The third-order valence-electron chi connectivity index (χ3n) is 2.37. The fourth-order valence-electron chi connectivity index (χ4n) is 1.44. The molecule has 0 aromatic heterocycles. The van der Waals surface area contributed by atoms with Gasteiger partial charge in [-0.25, -0.2) is 0 Å². The molecule has 1 saturated heterocycles. The van der Waals surface area contributed by atoms with Crippen molar-refractivity contribution >= 4 is 17.8 Å². The Kier molecular flexibility index (Phi) is 4.39. The van der Waals surface area contributed by atoms with E-state index in [1.807, 2.05) is 0 Å². The Morgan fingerprint density at radius 3 is 2.60 bits per heavy atom. The maximum Gasteiger partial charge on any atom is 0.506 e. The van der Waals surface area contributed by atoms with Gasteiger partial charge in [-0.3, -0.25) is 4.21 Å². The van der Waals surface area contributed by atoms with Crippen molar-refractivity contribution in [1.82, 2.24) is 4.90 Å². The molecule has 1 unspecified atom stereocenters. The second kappa shape index (κ2) is 5.16. The van der Waals surface area contributed by atoms with Crippen LogP contribution in [0, 0.1) is 0 Å². The summed E-state index contributed by atoms with van der Waals surface area (Å²) in [4.78, 5) is 1.68. The minimum Gasteiger partial charge on any atom is -0.445 e. The van der Waals surface area contributed by atoms with E-state index in [1.54, 1.807) is 4.90 Å². The van der Waals surface area contributed by atoms with Crippen LogP contribution in [0.5, 0.6) is 0 Å². The Morgan fingerprint density at radius 2 is 2.00 bits per heavy atom. The Morgan fingerprint density at radius 1 is 1.33 bits per heavy atom. The van der Waals surface area contributed by atoms with Gasteiger partial charge in [0, 0.05) is 28.9 Å². The van der Waals surface area contributed by atoms with Crippen molar-refractivity contribution in [2.75, 3.05) is 31.1 Å². The Bertz CT molecular complexity index is 269. The van der Waals surface area contributed by atoms with Gasteiger partial charge in [0.15, 0.2) is 0 Å². The third kappa shape index (κ3) is 4.38. The van der Waals surface area contributed by atoms with Gasteiger partial charge in [0.25, 0.3) is 0 Å². The molecule has 0 bridgehead atoms. The van der Waals surface area contributed by atoms with Gasteiger partial charge < -0.3 is 17.8 Å². The first-order chi connectivity index (χ1) is 6.89. The molecule has 1 aliphatic heterocycles. The van der Waals surface area contributed by atoms with Gasteiger partial charge >= 0.3 is 6.98 Å². The average molecular weight is 240 g/mol. The summed E-state index contributed by atoms with van der Waals surface area (Å²) in [6.07, 6.45) is 0.699. The molecule has 1 atom stereocenters. The van der Waals surface area contributed by atoms with Gasteiger partial charge in [-0.2, -0.15) is 0 Å². The van der Waals surface area contributed by atoms with Crippen LogP contribution in [0.4, 0.5) is 12.9 Å². The lowest BCUT2D eigenvalue weighted by Crippen LogP contribution is -2.34. The molecule has 1 heterocycles. The molecular weight excluding hydrogens is 226 g/mol. The standard InChI is InChI=1S/C8H14BF3NOS/c1-8(9(10,11)12)7-13-3-2-5-15(14)6-4-13/h1-7H2/q-1. The molecule has 1 aliphatic rings. The first-order valence-electron chi connectivity index (χ1n) is 4.84. The van der Waals surface area contributed by atoms with Gasteiger partial charge in [0.05, 0.1) is 0 Å². The fourth-order valence-corrected chi connectivity index (χ4v) is 2.56. The van der Waals surface area contributed by atoms with Gasteiger partial charge in [0.2, 0.25) is 0 Å². The van der Waals surface area contributed by atoms with Crippen LogP contribution < -0.4 is 0 Å². The molecule has 7 heteroatoms. The molecule has 15 heavy (non-hydrogen) atoms. The minimum atomic E-state index is -4.93. The van der Waals surface area contributed by atoms with Gasteiger partial charge in [-0.05, 0) is 19.5 Å². The highest BCUT2D eigenvalue weighted by Crippen LogP contribution is 2.19. The topological polar surface area (TPSA) is 20.3 Å². The Hall–Kier alpha value is -0.295. The molecule has 0 aliphatic carbocycles. The van der Waals surface area contributed by atoms with Crippen molar-refractivity contribution in [2.24, 2.45) is 0 Å². The van der Waals surface area contributed by atoms with Crippen LogP contribution >= 0.6 is 0 Å². The highest BCUT2D eigenvalue weighted by molar-refractivity contribution is 7.85. The Balaban J connectivity index is 2.45. The van der Waals surface area contributed by atoms with E-state index in [1.165, 1.54) is 0 Å². The largest absolute Gasteiger partial charge is 0.506 e. The predicted octanol–water partition coefficient (Wildman–Crippen LogP) is 1.38. The number of rotatable bonds is 3. The van der Waals surface area contributed by atoms with Crippen LogP contribution in [-0.2, 0) is 10.8 Å². The van der Waals surface area contributed by atoms with Crippen LogP contribution in [0.25, 0.3) is 0 Å². The third-order valence-corrected chi connectivity index (χ3v) is 3.75. The van der Waals surface area contributed by atoms with Crippen LogP contribution in [0.1, 0.15) is 6.42 Å². The summed E-state index contributed by atoms with van der Waals surface area (Å²) in [5.41, 5.74) is -0.664. The quantitative estimate of drug-likeness (QED) is 0.694. The molecule has 88 valence electrons. The highest BCUT2D eigenvalue weighted by Gasteiger charge is 2.28. The second-order valence-electron chi connectivity index (χ2n) is 3.71. The maximum atomic E-state index is 12.3. The maximum absolute atomic E-state index is 12.3. The van der Waals surface area contributed by atoms with Crippen molar-refractivity contribution in [1.29, 1.82) is 0 Å². The number of hydrogen-bond acceptors (Lipinski definition) is 2. The van der Waals surface area contributed by atoms with E-state index in [2.05, 4.69) is 6.58 Å². The zero-order valence-corrected chi connectivity index (χ0v) is 9.24. The lowest BCUT2D eigenvalue weighted by atomic mass is 9.80. The molecule has 0 amide bonds. The second-order valence-corrected chi connectivity index (χ2v) is 5.41. The van der Waals surface area contributed by atoms with Gasteiger partial charge in [0.1, 0.15) is 0 Å². The molecule has 0 aromatic rings. The van der Waals surface area contributed by atoms with Gasteiger partial charge in [-0.15, -0.1) is 12.1 Å². The van der Waals surface area contributed by atoms with E-state index in [-0.39, 0.29) is 6.54 Å². The summed E-state index contributed by atoms with van der Waals surface area (Å²) in [6.45, 7) is -0.966. The molecule has 0 aromatic carbocycles. The fraction of sp³-hybridized carbons (Fsp3) is 0.750. The SMILES string of the molecule is C=C(CN1CCCS(=O)CC1)[B-](F)(F)F. The molecule has 1 rings (SSSR count). The number of nitrogens with zero attached hydrogens (tertiary/aromatic N) is 1. The van der Waals surface area contributed by atoms with E-state index in [0.717, 1.165) is 0 Å². The van der Waals surface area contributed by atoms with E-state index in [0.29, 0.717) is 31.0 Å². The normalized spacial score (nSPS) is 24.9.